The molecule has 2 aromatic rings. The lowest BCUT2D eigenvalue weighted by molar-refractivity contribution is -0.120. The summed E-state index contributed by atoms with van der Waals surface area (Å²) in [6, 6.07) is 10.8. The van der Waals surface area contributed by atoms with Crippen molar-refractivity contribution in [1.82, 2.24) is 10.4 Å². The van der Waals surface area contributed by atoms with Gasteiger partial charge in [-0.2, -0.15) is 5.10 Å². The second kappa shape index (κ2) is 6.30. The number of anilines is 1. The van der Waals surface area contributed by atoms with Crippen molar-refractivity contribution in [2.45, 2.75) is 6.42 Å². The Balaban J connectivity index is 1.85. The highest BCUT2D eigenvalue weighted by Crippen LogP contribution is 2.05. The van der Waals surface area contributed by atoms with Crippen LogP contribution in [0.25, 0.3) is 0 Å². The number of pyridine rings is 1. The maximum atomic E-state index is 11.6. The van der Waals surface area contributed by atoms with Gasteiger partial charge in [0.05, 0.1) is 12.6 Å². The van der Waals surface area contributed by atoms with Gasteiger partial charge in [0.25, 0.3) is 0 Å². The molecule has 5 nitrogen and oxygen atoms in total. The number of hydrazone groups is 1. The zero-order chi connectivity index (χ0) is 13.5. The van der Waals surface area contributed by atoms with E-state index in [1.165, 1.54) is 0 Å². The summed E-state index contributed by atoms with van der Waals surface area (Å²) in [6.07, 6.45) is 5.16. The predicted octanol–water partition coefficient (Wildman–Crippen LogP) is 1.36. The normalized spacial score (nSPS) is 10.5. The Kier molecular flexibility index (Phi) is 4.23. The molecular formula is C14H14N4O. The van der Waals surface area contributed by atoms with Crippen LogP contribution in [-0.2, 0) is 11.2 Å². The van der Waals surface area contributed by atoms with Crippen LogP contribution in [0.15, 0.2) is 53.9 Å². The van der Waals surface area contributed by atoms with Gasteiger partial charge in [0.2, 0.25) is 5.91 Å². The first-order chi connectivity index (χ1) is 9.24. The average molecular weight is 254 g/mol. The number of nitrogen functional groups attached to an aromatic ring is 1. The van der Waals surface area contributed by atoms with Gasteiger partial charge in [-0.3, -0.25) is 9.78 Å². The van der Waals surface area contributed by atoms with Crippen molar-refractivity contribution < 1.29 is 4.79 Å². The third-order valence-electron chi connectivity index (χ3n) is 2.43. The molecule has 1 aromatic heterocycles. The molecule has 96 valence electrons. The lowest BCUT2D eigenvalue weighted by Crippen LogP contribution is -2.19. The van der Waals surface area contributed by atoms with Crippen LogP contribution in [0, 0.1) is 0 Å². The minimum Gasteiger partial charge on any atom is -0.399 e. The molecule has 0 spiro atoms. The molecule has 19 heavy (non-hydrogen) atoms. The smallest absolute Gasteiger partial charge is 0.244 e. The third-order valence-corrected chi connectivity index (χ3v) is 2.43. The van der Waals surface area contributed by atoms with Gasteiger partial charge in [-0.25, -0.2) is 5.43 Å². The fourth-order valence-corrected chi connectivity index (χ4v) is 1.49. The van der Waals surface area contributed by atoms with Crippen molar-refractivity contribution in [1.29, 1.82) is 0 Å². The van der Waals surface area contributed by atoms with Crippen LogP contribution in [-0.4, -0.2) is 17.1 Å². The number of hydrogen-bond acceptors (Lipinski definition) is 4. The Bertz CT molecular complexity index is 564. The molecule has 0 atom stereocenters. The minimum atomic E-state index is -0.176. The van der Waals surface area contributed by atoms with Crippen LogP contribution in [0.3, 0.4) is 0 Å². The molecule has 3 N–H and O–H groups in total. The average Bonchev–Trinajstić information content (AvgIpc) is 2.43. The number of rotatable bonds is 4. The molecule has 0 saturated heterocycles. The molecule has 1 aromatic carbocycles. The zero-order valence-corrected chi connectivity index (χ0v) is 10.3. The quantitative estimate of drug-likeness (QED) is 0.491. The van der Waals surface area contributed by atoms with Gasteiger partial charge < -0.3 is 5.73 Å². The lowest BCUT2D eigenvalue weighted by Gasteiger charge is -2.01. The van der Waals surface area contributed by atoms with Crippen molar-refractivity contribution in [2.75, 3.05) is 5.73 Å². The maximum Gasteiger partial charge on any atom is 0.244 e. The number of amides is 1. The summed E-state index contributed by atoms with van der Waals surface area (Å²) in [5.41, 5.74) is 10.4. The van der Waals surface area contributed by atoms with E-state index >= 15 is 0 Å². The Morgan fingerprint density at radius 2 is 2.11 bits per heavy atom. The van der Waals surface area contributed by atoms with Crippen LogP contribution in [0.5, 0.6) is 0 Å². The number of carbonyl (C=O) groups is 1. The number of benzene rings is 1. The van der Waals surface area contributed by atoms with Crippen LogP contribution in [0.2, 0.25) is 0 Å². The van der Waals surface area contributed by atoms with E-state index in [0.717, 1.165) is 11.1 Å². The van der Waals surface area contributed by atoms with E-state index in [0.29, 0.717) is 5.69 Å². The van der Waals surface area contributed by atoms with Gasteiger partial charge in [-0.15, -0.1) is 0 Å². The van der Waals surface area contributed by atoms with Gasteiger partial charge in [-0.1, -0.05) is 18.2 Å². The summed E-state index contributed by atoms with van der Waals surface area (Å²) in [5, 5.41) is 3.87. The molecule has 0 radical (unpaired) electrons. The lowest BCUT2D eigenvalue weighted by atomic mass is 10.1. The Morgan fingerprint density at radius 3 is 2.79 bits per heavy atom. The van der Waals surface area contributed by atoms with Crippen molar-refractivity contribution >= 4 is 17.8 Å². The molecule has 0 bridgehead atoms. The van der Waals surface area contributed by atoms with Crippen LogP contribution >= 0.6 is 0 Å². The first-order valence-corrected chi connectivity index (χ1v) is 5.80. The second-order valence-corrected chi connectivity index (χ2v) is 4.00. The van der Waals surface area contributed by atoms with Gasteiger partial charge in [0, 0.05) is 23.6 Å². The largest absolute Gasteiger partial charge is 0.399 e. The molecule has 0 fully saturated rings. The minimum absolute atomic E-state index is 0.176. The fraction of sp³-hybridized carbons (Fsp3) is 0.0714. The highest BCUT2D eigenvalue weighted by Gasteiger charge is 2.01. The Morgan fingerprint density at radius 1 is 1.32 bits per heavy atom. The van der Waals surface area contributed by atoms with E-state index in [-0.39, 0.29) is 12.3 Å². The van der Waals surface area contributed by atoms with Crippen molar-refractivity contribution in [3.05, 3.63) is 59.9 Å². The number of nitrogens with two attached hydrogens (primary N) is 1. The first-order valence-electron chi connectivity index (χ1n) is 5.80. The molecule has 0 saturated carbocycles. The summed E-state index contributed by atoms with van der Waals surface area (Å²) >= 11 is 0. The fourth-order valence-electron chi connectivity index (χ4n) is 1.49. The van der Waals surface area contributed by atoms with Gasteiger partial charge in [-0.05, 0) is 23.8 Å². The second-order valence-electron chi connectivity index (χ2n) is 4.00. The monoisotopic (exact) mass is 254 g/mol. The number of hydrogen-bond donors (Lipinski definition) is 2. The van der Waals surface area contributed by atoms with Gasteiger partial charge in [0.1, 0.15) is 0 Å². The SMILES string of the molecule is Nc1ccc(CC(=O)N/N=C\c2cccnc2)cc1. The van der Waals surface area contributed by atoms with Crippen molar-refractivity contribution in [2.24, 2.45) is 5.10 Å². The predicted molar refractivity (Wildman–Crippen MR) is 74.5 cm³/mol. The van der Waals surface area contributed by atoms with Crippen LogP contribution in [0.4, 0.5) is 5.69 Å². The van der Waals surface area contributed by atoms with Gasteiger partial charge >= 0.3 is 0 Å². The molecule has 2 rings (SSSR count). The molecular weight excluding hydrogens is 240 g/mol. The van der Waals surface area contributed by atoms with Crippen molar-refractivity contribution in [3.63, 3.8) is 0 Å². The molecule has 5 heteroatoms. The molecule has 1 amide bonds. The van der Waals surface area contributed by atoms with Crippen LogP contribution in [0.1, 0.15) is 11.1 Å². The molecule has 0 aliphatic rings. The Labute approximate surface area is 111 Å². The van der Waals surface area contributed by atoms with E-state index in [9.17, 15) is 4.79 Å². The van der Waals surface area contributed by atoms with Crippen LogP contribution < -0.4 is 11.2 Å². The van der Waals surface area contributed by atoms with E-state index in [1.54, 1.807) is 36.8 Å². The summed E-state index contributed by atoms with van der Waals surface area (Å²) < 4.78 is 0. The molecule has 0 aliphatic carbocycles. The first kappa shape index (κ1) is 12.8. The van der Waals surface area contributed by atoms with E-state index in [1.807, 2.05) is 18.2 Å². The summed E-state index contributed by atoms with van der Waals surface area (Å²) in [7, 11) is 0. The maximum absolute atomic E-state index is 11.6. The van der Waals surface area contributed by atoms with E-state index in [2.05, 4.69) is 15.5 Å². The van der Waals surface area contributed by atoms with E-state index < -0.39 is 0 Å². The number of nitrogens with zero attached hydrogens (tertiary/aromatic N) is 2. The van der Waals surface area contributed by atoms with Crippen molar-refractivity contribution in [3.8, 4) is 0 Å². The number of aromatic nitrogens is 1. The molecule has 0 unspecified atom stereocenters. The highest BCUT2D eigenvalue weighted by molar-refractivity contribution is 5.82. The molecule has 1 heterocycles. The number of carbonyl (C=O) groups excluding carboxylic acids is 1. The third kappa shape index (κ3) is 4.23. The zero-order valence-electron chi connectivity index (χ0n) is 10.3. The summed E-state index contributed by atoms with van der Waals surface area (Å²) in [5.74, 6) is -0.176. The van der Waals surface area contributed by atoms with E-state index in [4.69, 9.17) is 5.73 Å². The standard InChI is InChI=1S/C14H14N4O/c15-13-5-3-11(4-6-13)8-14(19)18-17-10-12-2-1-7-16-9-12/h1-7,9-10H,8,15H2,(H,18,19)/b17-10-. The Hall–Kier alpha value is -2.69. The summed E-state index contributed by atoms with van der Waals surface area (Å²) in [4.78, 5) is 15.6. The topological polar surface area (TPSA) is 80.4 Å². The van der Waals surface area contributed by atoms with Gasteiger partial charge in [0.15, 0.2) is 0 Å². The molecule has 0 aliphatic heterocycles. The highest BCUT2D eigenvalue weighted by atomic mass is 16.2. The summed E-state index contributed by atoms with van der Waals surface area (Å²) in [6.45, 7) is 0. The number of nitrogens with one attached hydrogen (secondary N) is 1.